The van der Waals surface area contributed by atoms with Crippen LogP contribution in [0.25, 0.3) is 0 Å². The van der Waals surface area contributed by atoms with Crippen LogP contribution in [0.4, 0.5) is 5.69 Å². The number of nitrogens with one attached hydrogen (secondary N) is 1. The van der Waals surface area contributed by atoms with Gasteiger partial charge in [0.05, 0.1) is 17.3 Å². The Labute approximate surface area is 128 Å². The first-order chi connectivity index (χ1) is 9.88. The van der Waals surface area contributed by atoms with E-state index in [9.17, 15) is 13.2 Å². The molecule has 0 atom stereocenters. The number of carbonyl (C=O) groups is 1. The first kappa shape index (κ1) is 17.3. The number of anilines is 1. The Morgan fingerprint density at radius 1 is 1.48 bits per heavy atom. The summed E-state index contributed by atoms with van der Waals surface area (Å²) in [6.07, 6.45) is 0. The smallest absolute Gasteiger partial charge is 0.323 e. The minimum absolute atomic E-state index is 0.0986. The lowest BCUT2D eigenvalue weighted by Gasteiger charge is -2.09. The normalized spacial score (nSPS) is 10.4. The molecule has 1 rings (SSSR count). The van der Waals surface area contributed by atoms with Gasteiger partial charge in [-0.2, -0.15) is 0 Å². The molecule has 0 unspecified atom stereocenters. The second-order valence-corrected chi connectivity index (χ2v) is 5.95. The Balaban J connectivity index is 2.93. The zero-order valence-electron chi connectivity index (χ0n) is 11.2. The maximum Gasteiger partial charge on any atom is 0.323 e. The van der Waals surface area contributed by atoms with Gasteiger partial charge in [0.2, 0.25) is 10.0 Å². The topological polar surface area (TPSA) is 92.7 Å². The highest BCUT2D eigenvalue weighted by molar-refractivity contribution is 7.93. The van der Waals surface area contributed by atoms with Crippen molar-refractivity contribution in [1.29, 1.82) is 0 Å². The maximum absolute atomic E-state index is 11.8. The number of esters is 1. The number of halogens is 1. The molecule has 8 heteroatoms. The Bertz CT molecular complexity index is 676. The molecule has 0 aliphatic carbocycles. The first-order valence-electron chi connectivity index (χ1n) is 5.93. The summed E-state index contributed by atoms with van der Waals surface area (Å²) < 4.78 is 30.4. The van der Waals surface area contributed by atoms with Crippen LogP contribution in [0, 0.1) is 11.8 Å². The summed E-state index contributed by atoms with van der Waals surface area (Å²) in [6, 6.07) is 4.45. The van der Waals surface area contributed by atoms with Crippen LogP contribution >= 0.6 is 11.6 Å². The summed E-state index contributed by atoms with van der Waals surface area (Å²) in [4.78, 5) is 11.2. The molecular formula is C13H14ClNO5S. The standard InChI is InChI=1S/C13H14ClNO5S/c1-2-20-13(17)9-21(18,19)15-12-8-10(4-3-7-16)5-6-11(12)14/h5-6,8,15-16H,2,7,9H2,1H3. The van der Waals surface area contributed by atoms with Crippen molar-refractivity contribution in [3.05, 3.63) is 28.8 Å². The van der Waals surface area contributed by atoms with E-state index in [-0.39, 0.29) is 23.9 Å². The molecule has 1 aromatic rings. The summed E-state index contributed by atoms with van der Waals surface area (Å²) in [6.45, 7) is 1.37. The van der Waals surface area contributed by atoms with Gasteiger partial charge in [0.1, 0.15) is 6.61 Å². The maximum atomic E-state index is 11.8. The molecule has 6 nitrogen and oxygen atoms in total. The minimum Gasteiger partial charge on any atom is -0.465 e. The molecule has 0 amide bonds. The first-order valence-corrected chi connectivity index (χ1v) is 7.96. The van der Waals surface area contributed by atoms with Gasteiger partial charge < -0.3 is 9.84 Å². The van der Waals surface area contributed by atoms with Gasteiger partial charge in [-0.05, 0) is 25.1 Å². The van der Waals surface area contributed by atoms with Crippen LogP contribution in [-0.2, 0) is 19.6 Å². The molecule has 0 heterocycles. The molecule has 0 bridgehead atoms. The highest BCUT2D eigenvalue weighted by Crippen LogP contribution is 2.23. The van der Waals surface area contributed by atoms with E-state index >= 15 is 0 Å². The van der Waals surface area contributed by atoms with Crippen molar-refractivity contribution in [2.24, 2.45) is 0 Å². The van der Waals surface area contributed by atoms with Crippen molar-refractivity contribution in [1.82, 2.24) is 0 Å². The van der Waals surface area contributed by atoms with Crippen LogP contribution in [0.3, 0.4) is 0 Å². The van der Waals surface area contributed by atoms with Gasteiger partial charge in [-0.1, -0.05) is 23.4 Å². The number of aliphatic hydroxyl groups excluding tert-OH is 1. The molecule has 0 aliphatic heterocycles. The van der Waals surface area contributed by atoms with Crippen LogP contribution in [0.2, 0.25) is 5.02 Å². The lowest BCUT2D eigenvalue weighted by molar-refractivity contribution is -0.139. The summed E-state index contributed by atoms with van der Waals surface area (Å²) in [5.74, 6) is 3.41. The van der Waals surface area contributed by atoms with Crippen LogP contribution in [0.1, 0.15) is 12.5 Å². The summed E-state index contributed by atoms with van der Waals surface area (Å²) in [7, 11) is -3.92. The Hall–Kier alpha value is -1.75. The zero-order valence-corrected chi connectivity index (χ0v) is 12.8. The molecular weight excluding hydrogens is 318 g/mol. The average molecular weight is 332 g/mol. The number of hydrogen-bond donors (Lipinski definition) is 2. The molecule has 0 spiro atoms. The number of rotatable bonds is 5. The number of sulfonamides is 1. The van der Waals surface area contributed by atoms with Crippen LogP contribution < -0.4 is 4.72 Å². The Kier molecular flexibility index (Phi) is 6.49. The zero-order chi connectivity index (χ0) is 15.9. The van der Waals surface area contributed by atoms with Crippen molar-refractivity contribution in [3.63, 3.8) is 0 Å². The molecule has 0 aliphatic rings. The second kappa shape index (κ2) is 7.88. The van der Waals surface area contributed by atoms with E-state index in [2.05, 4.69) is 21.3 Å². The molecule has 0 aromatic heterocycles. The molecule has 0 saturated heterocycles. The summed E-state index contributed by atoms with van der Waals surface area (Å²) in [5.41, 5.74) is 0.577. The predicted molar refractivity (Wildman–Crippen MR) is 79.5 cm³/mol. The lowest BCUT2D eigenvalue weighted by atomic mass is 10.2. The van der Waals surface area contributed by atoms with Crippen molar-refractivity contribution in [2.45, 2.75) is 6.92 Å². The molecule has 0 saturated carbocycles. The molecule has 114 valence electrons. The number of aliphatic hydroxyl groups is 1. The second-order valence-electron chi connectivity index (χ2n) is 3.82. The van der Waals surface area contributed by atoms with E-state index in [1.54, 1.807) is 13.0 Å². The third-order valence-electron chi connectivity index (χ3n) is 2.16. The van der Waals surface area contributed by atoms with Crippen LogP contribution in [0.15, 0.2) is 18.2 Å². The van der Waals surface area contributed by atoms with Crippen molar-refractivity contribution in [3.8, 4) is 11.8 Å². The van der Waals surface area contributed by atoms with E-state index in [1.807, 2.05) is 0 Å². The van der Waals surface area contributed by atoms with Crippen molar-refractivity contribution >= 4 is 33.3 Å². The Morgan fingerprint density at radius 2 is 2.19 bits per heavy atom. The van der Waals surface area contributed by atoms with Crippen LogP contribution in [-0.4, -0.2) is 38.5 Å². The SMILES string of the molecule is CCOC(=O)CS(=O)(=O)Nc1cc(C#CCO)ccc1Cl. The number of ether oxygens (including phenoxy) is 1. The predicted octanol–water partition coefficient (Wildman–Crippen LogP) is 0.989. The largest absolute Gasteiger partial charge is 0.465 e. The van der Waals surface area contributed by atoms with Gasteiger partial charge in [0.25, 0.3) is 0 Å². The van der Waals surface area contributed by atoms with E-state index in [4.69, 9.17) is 16.7 Å². The average Bonchev–Trinajstić information content (AvgIpc) is 2.39. The van der Waals surface area contributed by atoms with E-state index < -0.39 is 21.7 Å². The molecule has 2 N–H and O–H groups in total. The fraction of sp³-hybridized carbons (Fsp3) is 0.308. The van der Waals surface area contributed by atoms with Gasteiger partial charge in [-0.3, -0.25) is 9.52 Å². The third-order valence-corrected chi connectivity index (χ3v) is 3.63. The van der Waals surface area contributed by atoms with Crippen LogP contribution in [0.5, 0.6) is 0 Å². The van der Waals surface area contributed by atoms with E-state index in [0.717, 1.165) is 0 Å². The monoisotopic (exact) mass is 331 g/mol. The Morgan fingerprint density at radius 3 is 2.81 bits per heavy atom. The fourth-order valence-corrected chi connectivity index (χ4v) is 2.57. The number of benzene rings is 1. The van der Waals surface area contributed by atoms with E-state index in [0.29, 0.717) is 5.56 Å². The van der Waals surface area contributed by atoms with Gasteiger partial charge in [-0.25, -0.2) is 8.42 Å². The third kappa shape index (κ3) is 6.04. The molecule has 1 aromatic carbocycles. The van der Waals surface area contributed by atoms with Crippen molar-refractivity contribution < 1.29 is 23.1 Å². The number of hydrogen-bond acceptors (Lipinski definition) is 5. The van der Waals surface area contributed by atoms with Crippen molar-refractivity contribution in [2.75, 3.05) is 23.7 Å². The highest BCUT2D eigenvalue weighted by Gasteiger charge is 2.18. The quantitative estimate of drug-likeness (QED) is 0.620. The van der Waals surface area contributed by atoms with Gasteiger partial charge >= 0.3 is 5.97 Å². The fourth-order valence-electron chi connectivity index (χ4n) is 1.38. The lowest BCUT2D eigenvalue weighted by Crippen LogP contribution is -2.24. The highest BCUT2D eigenvalue weighted by atomic mass is 35.5. The van der Waals surface area contributed by atoms with Gasteiger partial charge in [0.15, 0.2) is 5.75 Å². The molecule has 0 fully saturated rings. The summed E-state index contributed by atoms with van der Waals surface area (Å²) >= 11 is 5.89. The molecule has 0 radical (unpaired) electrons. The minimum atomic E-state index is -3.92. The van der Waals surface area contributed by atoms with Gasteiger partial charge in [0, 0.05) is 5.56 Å². The van der Waals surface area contributed by atoms with Gasteiger partial charge in [-0.15, -0.1) is 0 Å². The molecule has 21 heavy (non-hydrogen) atoms. The number of carbonyl (C=O) groups excluding carboxylic acids is 1. The summed E-state index contributed by atoms with van der Waals surface area (Å²) in [5, 5.41) is 8.79. The van der Waals surface area contributed by atoms with E-state index in [1.165, 1.54) is 12.1 Å².